The Morgan fingerprint density at radius 2 is 2.11 bits per heavy atom. The minimum absolute atomic E-state index is 0.151. The summed E-state index contributed by atoms with van der Waals surface area (Å²) in [5.41, 5.74) is 4.30. The second kappa shape index (κ2) is 9.01. The van der Waals surface area contributed by atoms with Gasteiger partial charge < -0.3 is 20.0 Å². The Hall–Kier alpha value is -2.67. The van der Waals surface area contributed by atoms with Crippen LogP contribution in [-0.2, 0) is 14.4 Å². The van der Waals surface area contributed by atoms with E-state index >= 15 is 0 Å². The quantitative estimate of drug-likeness (QED) is 0.308. The van der Waals surface area contributed by atoms with Gasteiger partial charge in [0.25, 0.3) is 0 Å². The summed E-state index contributed by atoms with van der Waals surface area (Å²) in [5, 5.41) is 16.6. The number of hydrogen-bond donors (Lipinski definition) is 2. The van der Waals surface area contributed by atoms with E-state index in [0.717, 1.165) is 37.0 Å². The number of fused-ring (bicyclic) bond motifs is 2. The number of carboxylic acid groups (broad SMARTS) is 1. The summed E-state index contributed by atoms with van der Waals surface area (Å²) in [4.78, 5) is 27.6. The molecular weight excluding hydrogens is 360 g/mol. The highest BCUT2D eigenvalue weighted by molar-refractivity contribution is 6.07. The van der Waals surface area contributed by atoms with Crippen LogP contribution in [0.4, 0.5) is 0 Å². The molecule has 28 heavy (non-hydrogen) atoms. The van der Waals surface area contributed by atoms with Gasteiger partial charge >= 0.3 is 11.9 Å². The van der Waals surface area contributed by atoms with Crippen LogP contribution >= 0.6 is 0 Å². The summed E-state index contributed by atoms with van der Waals surface area (Å²) in [6.07, 6.45) is 3.43. The van der Waals surface area contributed by atoms with E-state index < -0.39 is 11.9 Å². The predicted octanol–water partition coefficient (Wildman–Crippen LogP) is 3.15. The highest BCUT2D eigenvalue weighted by Crippen LogP contribution is 2.39. The molecule has 0 aromatic heterocycles. The fraction of sp³-hybridized carbons (Fsp3) is 0.476. The summed E-state index contributed by atoms with van der Waals surface area (Å²) in [7, 11) is 1.56. The van der Waals surface area contributed by atoms with Crippen LogP contribution in [0.5, 0.6) is 5.75 Å². The van der Waals surface area contributed by atoms with Gasteiger partial charge in [0.05, 0.1) is 18.6 Å². The first-order chi connectivity index (χ1) is 13.5. The van der Waals surface area contributed by atoms with Crippen molar-refractivity contribution in [2.75, 3.05) is 7.11 Å². The van der Waals surface area contributed by atoms with Crippen LogP contribution in [0.1, 0.15) is 51.0 Å². The fourth-order valence-corrected chi connectivity index (χ4v) is 3.98. The van der Waals surface area contributed by atoms with Gasteiger partial charge in [-0.25, -0.2) is 0 Å². The third-order valence-electron chi connectivity index (χ3n) is 5.17. The van der Waals surface area contributed by atoms with Gasteiger partial charge in [0, 0.05) is 12.1 Å². The number of benzene rings is 1. The van der Waals surface area contributed by atoms with Crippen molar-refractivity contribution in [1.29, 1.82) is 0 Å². The SMILES string of the molecule is CCC(=NOC)C1=C(c2cccc(OC(=O)CCC(=O)O)c2)CC2CC[C@H]1N2. The van der Waals surface area contributed by atoms with Crippen molar-refractivity contribution in [3.8, 4) is 5.75 Å². The van der Waals surface area contributed by atoms with E-state index in [0.29, 0.717) is 11.8 Å². The molecule has 3 rings (SSSR count). The van der Waals surface area contributed by atoms with Gasteiger partial charge in [0.1, 0.15) is 12.9 Å². The largest absolute Gasteiger partial charge is 0.481 e. The van der Waals surface area contributed by atoms with Gasteiger partial charge in [0.2, 0.25) is 0 Å². The molecule has 7 heteroatoms. The number of carboxylic acids is 1. The lowest BCUT2D eigenvalue weighted by molar-refractivity contribution is -0.142. The Bertz CT molecular complexity index is 815. The Morgan fingerprint density at radius 1 is 1.29 bits per heavy atom. The minimum atomic E-state index is -1.02. The summed E-state index contributed by atoms with van der Waals surface area (Å²) >= 11 is 0. The van der Waals surface area contributed by atoms with Gasteiger partial charge in [-0.1, -0.05) is 24.2 Å². The van der Waals surface area contributed by atoms with Crippen LogP contribution in [0.15, 0.2) is 35.0 Å². The molecule has 0 radical (unpaired) electrons. The topological polar surface area (TPSA) is 97.2 Å². The molecule has 2 atom stereocenters. The molecule has 1 aromatic rings. The van der Waals surface area contributed by atoms with Crippen LogP contribution in [0.2, 0.25) is 0 Å². The molecule has 7 nitrogen and oxygen atoms in total. The van der Waals surface area contributed by atoms with Crippen LogP contribution in [0.25, 0.3) is 5.57 Å². The molecule has 0 saturated carbocycles. The monoisotopic (exact) mass is 386 g/mol. The molecule has 0 aliphatic carbocycles. The Labute approximate surface area is 164 Å². The number of nitrogens with one attached hydrogen (secondary N) is 1. The number of ether oxygens (including phenoxy) is 1. The number of esters is 1. The number of oxime groups is 1. The van der Waals surface area contributed by atoms with E-state index in [2.05, 4.69) is 17.4 Å². The zero-order chi connectivity index (χ0) is 20.1. The van der Waals surface area contributed by atoms with Gasteiger partial charge in [-0.05, 0) is 54.5 Å². The van der Waals surface area contributed by atoms with E-state index in [-0.39, 0.29) is 18.9 Å². The number of carbonyl (C=O) groups is 2. The van der Waals surface area contributed by atoms with Crippen LogP contribution in [0, 0.1) is 0 Å². The van der Waals surface area contributed by atoms with Crippen molar-refractivity contribution in [2.24, 2.45) is 5.16 Å². The molecule has 2 N–H and O–H groups in total. The number of carbonyl (C=O) groups excluding carboxylic acids is 1. The lowest BCUT2D eigenvalue weighted by Gasteiger charge is -2.29. The number of aliphatic carboxylic acids is 1. The first-order valence-electron chi connectivity index (χ1n) is 9.64. The normalized spacial score (nSPS) is 21.6. The number of nitrogens with zero attached hydrogens (tertiary/aromatic N) is 1. The average Bonchev–Trinajstić information content (AvgIpc) is 3.06. The molecule has 150 valence electrons. The summed E-state index contributed by atoms with van der Waals surface area (Å²) in [5.74, 6) is -1.14. The highest BCUT2D eigenvalue weighted by Gasteiger charge is 2.36. The van der Waals surface area contributed by atoms with E-state index in [1.165, 1.54) is 11.1 Å². The smallest absolute Gasteiger partial charge is 0.311 e. The molecule has 2 aliphatic heterocycles. The maximum absolute atomic E-state index is 11.9. The molecule has 2 heterocycles. The van der Waals surface area contributed by atoms with Crippen molar-refractivity contribution in [3.05, 3.63) is 35.4 Å². The summed E-state index contributed by atoms with van der Waals surface area (Å²) in [6, 6.07) is 8.11. The Morgan fingerprint density at radius 3 is 2.82 bits per heavy atom. The van der Waals surface area contributed by atoms with Crippen molar-refractivity contribution in [2.45, 2.75) is 57.5 Å². The lowest BCUT2D eigenvalue weighted by atomic mass is 9.86. The average molecular weight is 386 g/mol. The molecule has 1 saturated heterocycles. The Kier molecular flexibility index (Phi) is 6.46. The van der Waals surface area contributed by atoms with Gasteiger partial charge in [-0.15, -0.1) is 0 Å². The van der Waals surface area contributed by atoms with Crippen molar-refractivity contribution < 1.29 is 24.3 Å². The molecule has 0 amide bonds. The van der Waals surface area contributed by atoms with Crippen LogP contribution in [-0.4, -0.2) is 42.0 Å². The van der Waals surface area contributed by atoms with E-state index in [1.807, 2.05) is 18.2 Å². The second-order valence-corrected chi connectivity index (χ2v) is 7.06. The highest BCUT2D eigenvalue weighted by atomic mass is 16.6. The maximum atomic E-state index is 11.9. The first-order valence-corrected chi connectivity index (χ1v) is 9.64. The number of hydrogen-bond acceptors (Lipinski definition) is 6. The molecule has 1 unspecified atom stereocenters. The van der Waals surface area contributed by atoms with Crippen LogP contribution < -0.4 is 10.1 Å². The third kappa shape index (κ3) is 4.59. The second-order valence-electron chi connectivity index (χ2n) is 7.06. The Balaban J connectivity index is 1.90. The standard InChI is InChI=1S/C21H26N2O5/c1-3-17(23-27-2)21-16(12-14-7-8-18(21)22-14)13-5-4-6-15(11-13)28-20(26)10-9-19(24)25/h4-6,11,14,18,22H,3,7-10,12H2,1-2H3,(H,24,25)/t14?,18-/m1/s1. The molecule has 2 aliphatic rings. The van der Waals surface area contributed by atoms with Crippen molar-refractivity contribution in [1.82, 2.24) is 5.32 Å². The van der Waals surface area contributed by atoms with Gasteiger partial charge in [-0.3, -0.25) is 9.59 Å². The first kappa shape index (κ1) is 20.1. The molecule has 2 bridgehead atoms. The van der Waals surface area contributed by atoms with E-state index in [1.54, 1.807) is 13.2 Å². The van der Waals surface area contributed by atoms with Crippen LogP contribution in [0.3, 0.4) is 0 Å². The van der Waals surface area contributed by atoms with Crippen molar-refractivity contribution >= 4 is 23.2 Å². The molecule has 1 fully saturated rings. The third-order valence-corrected chi connectivity index (χ3v) is 5.17. The summed E-state index contributed by atoms with van der Waals surface area (Å²) in [6.45, 7) is 2.06. The zero-order valence-electron chi connectivity index (χ0n) is 16.2. The van der Waals surface area contributed by atoms with Gasteiger partial charge in [0.15, 0.2) is 0 Å². The van der Waals surface area contributed by atoms with Gasteiger partial charge in [-0.2, -0.15) is 0 Å². The minimum Gasteiger partial charge on any atom is -0.481 e. The summed E-state index contributed by atoms with van der Waals surface area (Å²) < 4.78 is 5.34. The maximum Gasteiger partial charge on any atom is 0.311 e. The van der Waals surface area contributed by atoms with E-state index in [4.69, 9.17) is 14.7 Å². The molecule has 1 aromatic carbocycles. The lowest BCUT2D eigenvalue weighted by Crippen LogP contribution is -2.38. The number of rotatable bonds is 8. The predicted molar refractivity (Wildman–Crippen MR) is 105 cm³/mol. The van der Waals surface area contributed by atoms with Crippen molar-refractivity contribution in [3.63, 3.8) is 0 Å². The molecule has 0 spiro atoms. The molecular formula is C21H26N2O5. The fourth-order valence-electron chi connectivity index (χ4n) is 3.98. The zero-order valence-corrected chi connectivity index (χ0v) is 16.2. The van der Waals surface area contributed by atoms with E-state index in [9.17, 15) is 9.59 Å².